The number of aromatic amines is 1. The van der Waals surface area contributed by atoms with Crippen molar-refractivity contribution in [2.24, 2.45) is 5.92 Å². The number of anilines is 1. The summed E-state index contributed by atoms with van der Waals surface area (Å²) < 4.78 is 11.6. The first-order chi connectivity index (χ1) is 17.3. The maximum atomic E-state index is 13.7. The number of fused-ring (bicyclic) bond motifs is 2. The van der Waals surface area contributed by atoms with Gasteiger partial charge in [-0.3, -0.25) is 4.79 Å². The van der Waals surface area contributed by atoms with Crippen LogP contribution in [0.2, 0.25) is 0 Å². The molecule has 2 aromatic carbocycles. The van der Waals surface area contributed by atoms with E-state index in [9.17, 15) is 14.7 Å². The van der Waals surface area contributed by atoms with E-state index < -0.39 is 18.1 Å². The van der Waals surface area contributed by atoms with Gasteiger partial charge in [-0.2, -0.15) is 0 Å². The van der Waals surface area contributed by atoms with E-state index in [1.165, 1.54) is 4.90 Å². The van der Waals surface area contributed by atoms with E-state index in [0.717, 1.165) is 41.0 Å². The number of carbonyl (C=O) groups excluding carboxylic acids is 1. The Bertz CT molecular complexity index is 1250. The Balaban J connectivity index is 1.73. The molecule has 36 heavy (non-hydrogen) atoms. The van der Waals surface area contributed by atoms with E-state index in [2.05, 4.69) is 23.7 Å². The molecule has 1 aliphatic rings. The molecule has 3 aromatic rings. The fourth-order valence-electron chi connectivity index (χ4n) is 4.94. The molecule has 0 fully saturated rings. The second kappa shape index (κ2) is 10.5. The molecule has 192 valence electrons. The van der Waals surface area contributed by atoms with Crippen molar-refractivity contribution in [2.75, 3.05) is 31.6 Å². The van der Waals surface area contributed by atoms with Gasteiger partial charge in [-0.15, -0.1) is 0 Å². The summed E-state index contributed by atoms with van der Waals surface area (Å²) in [6.45, 7) is 9.84. The van der Waals surface area contributed by atoms with Gasteiger partial charge in [0.2, 0.25) is 0 Å². The largest absolute Gasteiger partial charge is 0.497 e. The lowest BCUT2D eigenvalue weighted by molar-refractivity contribution is -0.153. The van der Waals surface area contributed by atoms with Crippen LogP contribution in [0, 0.1) is 5.92 Å². The lowest BCUT2D eigenvalue weighted by atomic mass is 10.0. The Hall–Kier alpha value is -3.68. The molecule has 2 N–H and O–H groups in total. The van der Waals surface area contributed by atoms with Gasteiger partial charge in [0.05, 0.1) is 7.11 Å². The van der Waals surface area contributed by atoms with E-state index in [1.54, 1.807) is 13.2 Å². The van der Waals surface area contributed by atoms with Crippen LogP contribution < -0.4 is 14.4 Å². The molecule has 0 aliphatic carbocycles. The van der Waals surface area contributed by atoms with E-state index in [4.69, 9.17) is 9.47 Å². The van der Waals surface area contributed by atoms with Crippen LogP contribution in [0.3, 0.4) is 0 Å². The molecule has 0 saturated heterocycles. The summed E-state index contributed by atoms with van der Waals surface area (Å²) in [4.78, 5) is 33.2. The second-order valence-electron chi connectivity index (χ2n) is 9.42. The number of benzene rings is 2. The highest BCUT2D eigenvalue weighted by atomic mass is 16.5. The van der Waals surface area contributed by atoms with Gasteiger partial charge < -0.3 is 29.4 Å². The smallest absolute Gasteiger partial charge is 0.331 e. The van der Waals surface area contributed by atoms with Crippen molar-refractivity contribution in [3.8, 4) is 11.5 Å². The first-order valence-electron chi connectivity index (χ1n) is 12.5. The van der Waals surface area contributed by atoms with Gasteiger partial charge in [-0.05, 0) is 56.0 Å². The minimum absolute atomic E-state index is 0.130. The summed E-state index contributed by atoms with van der Waals surface area (Å²) in [7, 11) is 1.62. The van der Waals surface area contributed by atoms with Gasteiger partial charge in [-0.1, -0.05) is 19.9 Å². The summed E-state index contributed by atoms with van der Waals surface area (Å²) in [5.41, 5.74) is 3.39. The quantitative estimate of drug-likeness (QED) is 0.451. The minimum Gasteiger partial charge on any atom is -0.497 e. The van der Waals surface area contributed by atoms with Crippen LogP contribution in [0.4, 0.5) is 5.69 Å². The topological polar surface area (TPSA) is 95.1 Å². The molecular weight excluding hydrogens is 458 g/mol. The number of methoxy groups -OCH3 is 1. The predicted octanol–water partition coefficient (Wildman–Crippen LogP) is 4.64. The SMILES string of the molecule is CCN(CC)c1ccc2c(c1)OC(C(C)C)C(=O)N(CCc1c[nH]c3ccc(OC)cc13)C2C(=O)O. The molecule has 0 bridgehead atoms. The molecular formula is C28H35N3O5. The molecule has 0 saturated carbocycles. The minimum atomic E-state index is -1.14. The molecule has 2 heterocycles. The van der Waals surface area contributed by atoms with Crippen molar-refractivity contribution in [1.82, 2.24) is 9.88 Å². The zero-order chi connectivity index (χ0) is 26.0. The predicted molar refractivity (Wildman–Crippen MR) is 140 cm³/mol. The number of nitrogens with one attached hydrogen (secondary N) is 1. The van der Waals surface area contributed by atoms with Crippen molar-refractivity contribution in [2.45, 2.75) is 46.3 Å². The van der Waals surface area contributed by atoms with Crippen LogP contribution >= 0.6 is 0 Å². The maximum absolute atomic E-state index is 13.7. The summed E-state index contributed by atoms with van der Waals surface area (Å²) in [5.74, 6) is -0.318. The van der Waals surface area contributed by atoms with Crippen molar-refractivity contribution in [3.63, 3.8) is 0 Å². The fourth-order valence-corrected chi connectivity index (χ4v) is 4.94. The number of nitrogens with zero attached hydrogens (tertiary/aromatic N) is 2. The normalized spacial score (nSPS) is 17.6. The summed E-state index contributed by atoms with van der Waals surface area (Å²) in [6, 6.07) is 10.2. The highest BCUT2D eigenvalue weighted by Crippen LogP contribution is 2.38. The maximum Gasteiger partial charge on any atom is 0.331 e. The number of ether oxygens (including phenoxy) is 2. The third-order valence-corrected chi connectivity index (χ3v) is 6.95. The number of carbonyl (C=O) groups is 2. The molecule has 4 rings (SSSR count). The number of aromatic nitrogens is 1. The number of carboxylic acids is 1. The van der Waals surface area contributed by atoms with E-state index in [1.807, 2.05) is 50.4 Å². The standard InChI is InChI=1S/C28H35N3O5/c1-6-30(7-2)19-8-10-21-24(14-19)36-26(17(3)4)27(32)31(25(21)28(33)34)13-12-18-16-29-23-11-9-20(35-5)15-22(18)23/h8-11,14-17,25-26,29H,6-7,12-13H2,1-5H3,(H,33,34). The third-order valence-electron chi connectivity index (χ3n) is 6.95. The average Bonchev–Trinajstić information content (AvgIpc) is 3.22. The van der Waals surface area contributed by atoms with Gasteiger partial charge in [-0.25, -0.2) is 4.79 Å². The van der Waals surface area contributed by atoms with Gasteiger partial charge in [0.25, 0.3) is 5.91 Å². The van der Waals surface area contributed by atoms with Crippen LogP contribution in [0.15, 0.2) is 42.6 Å². The Kier molecular flexibility index (Phi) is 7.43. The fraction of sp³-hybridized carbons (Fsp3) is 0.429. The molecule has 8 nitrogen and oxygen atoms in total. The first-order valence-corrected chi connectivity index (χ1v) is 12.5. The second-order valence-corrected chi connectivity index (χ2v) is 9.42. The molecule has 1 aromatic heterocycles. The van der Waals surface area contributed by atoms with E-state index >= 15 is 0 Å². The van der Waals surface area contributed by atoms with Gasteiger partial charge in [0, 0.05) is 54.1 Å². The van der Waals surface area contributed by atoms with Gasteiger partial charge >= 0.3 is 5.97 Å². The first kappa shape index (κ1) is 25.4. The number of hydrogen-bond acceptors (Lipinski definition) is 5. The Morgan fingerprint density at radius 3 is 2.58 bits per heavy atom. The van der Waals surface area contributed by atoms with Gasteiger partial charge in [0.15, 0.2) is 12.1 Å². The number of rotatable bonds is 9. The number of H-pyrrole nitrogens is 1. The number of carboxylic acid groups (broad SMARTS) is 1. The third kappa shape index (κ3) is 4.72. The zero-order valence-corrected chi connectivity index (χ0v) is 21.6. The molecule has 8 heteroatoms. The summed E-state index contributed by atoms with van der Waals surface area (Å²) in [6.07, 6.45) is 1.62. The molecule has 0 spiro atoms. The number of hydrogen-bond donors (Lipinski definition) is 2. The molecule has 0 radical (unpaired) electrons. The number of aliphatic carboxylic acids is 1. The Labute approximate surface area is 211 Å². The Morgan fingerprint density at radius 1 is 1.19 bits per heavy atom. The molecule has 1 aliphatic heterocycles. The summed E-state index contributed by atoms with van der Waals surface area (Å²) >= 11 is 0. The molecule has 2 atom stereocenters. The monoisotopic (exact) mass is 493 g/mol. The van der Waals surface area contributed by atoms with Crippen LogP contribution in [0.5, 0.6) is 11.5 Å². The lowest BCUT2D eigenvalue weighted by Gasteiger charge is -2.29. The zero-order valence-electron chi connectivity index (χ0n) is 21.6. The highest BCUT2D eigenvalue weighted by Gasteiger charge is 2.42. The van der Waals surface area contributed by atoms with Crippen LogP contribution in [-0.4, -0.2) is 59.7 Å². The van der Waals surface area contributed by atoms with Crippen LogP contribution in [0.1, 0.15) is 44.9 Å². The van der Waals surface area contributed by atoms with Crippen molar-refractivity contribution in [3.05, 3.63) is 53.7 Å². The lowest BCUT2D eigenvalue weighted by Crippen LogP contribution is -2.46. The molecule has 2 unspecified atom stereocenters. The van der Waals surface area contributed by atoms with E-state index in [-0.39, 0.29) is 18.4 Å². The Morgan fingerprint density at radius 2 is 1.94 bits per heavy atom. The summed E-state index contributed by atoms with van der Waals surface area (Å²) in [5, 5.41) is 11.3. The van der Waals surface area contributed by atoms with Crippen molar-refractivity contribution in [1.29, 1.82) is 0 Å². The van der Waals surface area contributed by atoms with E-state index in [0.29, 0.717) is 17.7 Å². The average molecular weight is 494 g/mol. The molecule has 1 amide bonds. The van der Waals surface area contributed by atoms with Crippen molar-refractivity contribution < 1.29 is 24.2 Å². The van der Waals surface area contributed by atoms with Crippen LogP contribution in [-0.2, 0) is 16.0 Å². The van der Waals surface area contributed by atoms with Crippen molar-refractivity contribution >= 4 is 28.5 Å². The number of amides is 1. The van der Waals surface area contributed by atoms with Crippen LogP contribution in [0.25, 0.3) is 10.9 Å². The van der Waals surface area contributed by atoms with Gasteiger partial charge in [0.1, 0.15) is 11.5 Å². The highest BCUT2D eigenvalue weighted by molar-refractivity contribution is 5.90.